The number of nitrogens with zero attached hydrogens (tertiary/aromatic N) is 4. The van der Waals surface area contributed by atoms with Gasteiger partial charge in [0.05, 0.1) is 17.3 Å². The number of nitrogens with two attached hydrogens (primary N) is 1. The number of rotatable bonds is 3. The Morgan fingerprint density at radius 2 is 2.00 bits per heavy atom. The molecule has 0 atom stereocenters. The van der Waals surface area contributed by atoms with Gasteiger partial charge in [0.2, 0.25) is 5.88 Å². The SMILES string of the molecule is Cc1nn(C2CCC(Oc3ccccn3)CC2)c2cc(N)ncc12. The zero-order valence-electron chi connectivity index (χ0n) is 13.7. The Morgan fingerprint density at radius 1 is 1.17 bits per heavy atom. The van der Waals surface area contributed by atoms with Crippen molar-refractivity contribution in [2.45, 2.75) is 44.8 Å². The summed E-state index contributed by atoms with van der Waals surface area (Å²) in [6, 6.07) is 8.06. The number of nitrogen functional groups attached to an aromatic ring is 1. The second-order valence-corrected chi connectivity index (χ2v) is 6.37. The first-order chi connectivity index (χ1) is 11.7. The molecule has 1 saturated carbocycles. The number of ether oxygens (including phenoxy) is 1. The predicted molar refractivity (Wildman–Crippen MR) is 92.8 cm³/mol. The van der Waals surface area contributed by atoms with Gasteiger partial charge < -0.3 is 10.5 Å². The zero-order valence-corrected chi connectivity index (χ0v) is 13.7. The maximum atomic E-state index is 5.98. The van der Waals surface area contributed by atoms with Crippen LogP contribution in [0, 0.1) is 6.92 Å². The average molecular weight is 323 g/mol. The van der Waals surface area contributed by atoms with Crippen molar-refractivity contribution >= 4 is 16.7 Å². The van der Waals surface area contributed by atoms with Crippen LogP contribution in [0.2, 0.25) is 0 Å². The normalized spacial score (nSPS) is 21.0. The van der Waals surface area contributed by atoms with Crippen molar-refractivity contribution in [1.82, 2.24) is 19.7 Å². The van der Waals surface area contributed by atoms with Crippen LogP contribution in [0.1, 0.15) is 37.4 Å². The quantitative estimate of drug-likeness (QED) is 0.800. The fraction of sp³-hybridized carbons (Fsp3) is 0.389. The molecule has 6 nitrogen and oxygen atoms in total. The molecule has 24 heavy (non-hydrogen) atoms. The predicted octanol–water partition coefficient (Wildman–Crippen LogP) is 3.28. The summed E-state index contributed by atoms with van der Waals surface area (Å²) < 4.78 is 8.11. The molecule has 3 aromatic rings. The second kappa shape index (κ2) is 6.11. The van der Waals surface area contributed by atoms with Crippen molar-refractivity contribution < 1.29 is 4.74 Å². The van der Waals surface area contributed by atoms with Crippen LogP contribution in [0.5, 0.6) is 5.88 Å². The average Bonchev–Trinajstić information content (AvgIpc) is 2.93. The molecule has 1 aliphatic rings. The van der Waals surface area contributed by atoms with Gasteiger partial charge in [0.1, 0.15) is 11.9 Å². The van der Waals surface area contributed by atoms with Gasteiger partial charge in [-0.25, -0.2) is 9.97 Å². The Hall–Kier alpha value is -2.63. The van der Waals surface area contributed by atoms with Crippen LogP contribution in [0.25, 0.3) is 10.9 Å². The molecule has 124 valence electrons. The van der Waals surface area contributed by atoms with Gasteiger partial charge in [0.25, 0.3) is 0 Å². The molecule has 0 bridgehead atoms. The zero-order chi connectivity index (χ0) is 16.5. The summed E-state index contributed by atoms with van der Waals surface area (Å²) in [6.45, 7) is 2.02. The number of anilines is 1. The van der Waals surface area contributed by atoms with Crippen LogP contribution in [-0.4, -0.2) is 25.9 Å². The van der Waals surface area contributed by atoms with E-state index in [0.29, 0.717) is 17.7 Å². The molecule has 6 heteroatoms. The first-order valence-corrected chi connectivity index (χ1v) is 8.39. The van der Waals surface area contributed by atoms with Gasteiger partial charge in [-0.15, -0.1) is 0 Å². The maximum absolute atomic E-state index is 5.98. The van der Waals surface area contributed by atoms with E-state index in [2.05, 4.69) is 14.6 Å². The van der Waals surface area contributed by atoms with Crippen molar-refractivity contribution in [1.29, 1.82) is 0 Å². The van der Waals surface area contributed by atoms with Crippen LogP contribution >= 0.6 is 0 Å². The standard InChI is InChI=1S/C18H21N5O/c1-12-15-11-21-17(19)10-16(15)23(22-12)13-5-7-14(8-6-13)24-18-4-2-3-9-20-18/h2-4,9-11,13-14H,5-8H2,1H3,(H2,19,21). The highest BCUT2D eigenvalue weighted by Crippen LogP contribution is 2.33. The third kappa shape index (κ3) is 2.79. The summed E-state index contributed by atoms with van der Waals surface area (Å²) in [5, 5.41) is 5.81. The topological polar surface area (TPSA) is 78.8 Å². The Morgan fingerprint density at radius 3 is 2.75 bits per heavy atom. The molecular weight excluding hydrogens is 302 g/mol. The molecule has 3 aromatic heterocycles. The lowest BCUT2D eigenvalue weighted by molar-refractivity contribution is 0.126. The summed E-state index contributed by atoms with van der Waals surface area (Å²) >= 11 is 0. The van der Waals surface area contributed by atoms with Crippen molar-refractivity contribution in [3.63, 3.8) is 0 Å². The Bertz CT molecular complexity index is 837. The van der Waals surface area contributed by atoms with E-state index in [1.165, 1.54) is 0 Å². The van der Waals surface area contributed by atoms with E-state index in [4.69, 9.17) is 15.6 Å². The van der Waals surface area contributed by atoms with Crippen LogP contribution in [0.3, 0.4) is 0 Å². The van der Waals surface area contributed by atoms with Crippen LogP contribution in [0.4, 0.5) is 5.82 Å². The third-order valence-electron chi connectivity index (χ3n) is 4.71. The molecular formula is C18H21N5O. The molecule has 0 spiro atoms. The minimum absolute atomic E-state index is 0.228. The van der Waals surface area contributed by atoms with Crippen LogP contribution < -0.4 is 10.5 Å². The van der Waals surface area contributed by atoms with E-state index >= 15 is 0 Å². The monoisotopic (exact) mass is 323 g/mol. The van der Waals surface area contributed by atoms with Gasteiger partial charge in [-0.3, -0.25) is 4.68 Å². The molecule has 1 aliphatic carbocycles. The molecule has 0 saturated heterocycles. The van der Waals surface area contributed by atoms with Gasteiger partial charge in [-0.1, -0.05) is 6.07 Å². The minimum Gasteiger partial charge on any atom is -0.474 e. The van der Waals surface area contributed by atoms with Crippen molar-refractivity contribution in [2.75, 3.05) is 5.73 Å². The van der Waals surface area contributed by atoms with Crippen molar-refractivity contribution in [3.05, 3.63) is 42.4 Å². The van der Waals surface area contributed by atoms with Crippen molar-refractivity contribution in [3.8, 4) is 5.88 Å². The number of aromatic nitrogens is 4. The van der Waals surface area contributed by atoms with Gasteiger partial charge in [0.15, 0.2) is 0 Å². The van der Waals surface area contributed by atoms with Gasteiger partial charge in [0, 0.05) is 29.9 Å². The molecule has 0 radical (unpaired) electrons. The summed E-state index contributed by atoms with van der Waals surface area (Å²) in [5.74, 6) is 1.25. The van der Waals surface area contributed by atoms with Gasteiger partial charge in [-0.2, -0.15) is 5.10 Å². The molecule has 0 amide bonds. The highest BCUT2D eigenvalue weighted by atomic mass is 16.5. The third-order valence-corrected chi connectivity index (χ3v) is 4.71. The van der Waals surface area contributed by atoms with Crippen molar-refractivity contribution in [2.24, 2.45) is 0 Å². The Labute approximate surface area is 140 Å². The maximum Gasteiger partial charge on any atom is 0.213 e. The first-order valence-electron chi connectivity index (χ1n) is 8.39. The fourth-order valence-electron chi connectivity index (χ4n) is 3.47. The number of hydrogen-bond donors (Lipinski definition) is 1. The molecule has 0 aromatic carbocycles. The first kappa shape index (κ1) is 14.9. The molecule has 2 N–H and O–H groups in total. The highest BCUT2D eigenvalue weighted by molar-refractivity contribution is 5.82. The Kier molecular flexibility index (Phi) is 3.80. The summed E-state index contributed by atoms with van der Waals surface area (Å²) in [6.07, 6.45) is 7.89. The lowest BCUT2D eigenvalue weighted by Crippen LogP contribution is -2.26. The molecule has 4 rings (SSSR count). The molecule has 1 fully saturated rings. The van der Waals surface area contributed by atoms with E-state index in [0.717, 1.165) is 42.3 Å². The number of aryl methyl sites for hydroxylation is 1. The number of pyridine rings is 2. The second-order valence-electron chi connectivity index (χ2n) is 6.37. The number of hydrogen-bond acceptors (Lipinski definition) is 5. The van der Waals surface area contributed by atoms with Gasteiger partial charge in [-0.05, 0) is 38.7 Å². The van der Waals surface area contributed by atoms with Crippen LogP contribution in [0.15, 0.2) is 36.7 Å². The number of fused-ring (bicyclic) bond motifs is 1. The summed E-state index contributed by atoms with van der Waals surface area (Å²) in [4.78, 5) is 8.43. The fourth-order valence-corrected chi connectivity index (χ4v) is 3.47. The molecule has 0 unspecified atom stereocenters. The molecule has 0 aliphatic heterocycles. The van der Waals surface area contributed by atoms with E-state index < -0.39 is 0 Å². The lowest BCUT2D eigenvalue weighted by Gasteiger charge is -2.29. The highest BCUT2D eigenvalue weighted by Gasteiger charge is 2.26. The smallest absolute Gasteiger partial charge is 0.213 e. The van der Waals surface area contributed by atoms with E-state index in [-0.39, 0.29) is 6.10 Å². The molecule has 3 heterocycles. The summed E-state index contributed by atoms with van der Waals surface area (Å²) in [7, 11) is 0. The Balaban J connectivity index is 1.49. The van der Waals surface area contributed by atoms with E-state index in [1.54, 1.807) is 6.20 Å². The van der Waals surface area contributed by atoms with Gasteiger partial charge >= 0.3 is 0 Å². The van der Waals surface area contributed by atoms with E-state index in [1.807, 2.05) is 37.4 Å². The lowest BCUT2D eigenvalue weighted by atomic mass is 9.93. The van der Waals surface area contributed by atoms with E-state index in [9.17, 15) is 0 Å². The van der Waals surface area contributed by atoms with Crippen LogP contribution in [-0.2, 0) is 0 Å². The minimum atomic E-state index is 0.228. The largest absolute Gasteiger partial charge is 0.474 e. The summed E-state index contributed by atoms with van der Waals surface area (Å²) in [5.41, 5.74) is 7.94.